The van der Waals surface area contributed by atoms with Crippen molar-refractivity contribution in [2.45, 2.75) is 25.2 Å². The van der Waals surface area contributed by atoms with E-state index < -0.39 is 0 Å². The second-order valence-corrected chi connectivity index (χ2v) is 4.85. The smallest absolute Gasteiger partial charge is 0.222 e. The molecule has 1 aliphatic rings. The average Bonchev–Trinajstić information content (AvgIpc) is 3.33. The predicted octanol–water partition coefficient (Wildman–Crippen LogP) is 2.06. The summed E-state index contributed by atoms with van der Waals surface area (Å²) in [6.45, 7) is 1.69. The van der Waals surface area contributed by atoms with E-state index in [1.54, 1.807) is 18.5 Å². The zero-order valence-electron chi connectivity index (χ0n) is 11.3. The number of hydrogen-bond acceptors (Lipinski definition) is 6. The van der Waals surface area contributed by atoms with Crippen LogP contribution in [0.2, 0.25) is 0 Å². The number of aromatic nitrogens is 4. The molecule has 1 aliphatic carbocycles. The SMILES string of the molecule is c1cnc(NCCCNc2ccnc(C3CC3)n2)nc1. The predicted molar refractivity (Wildman–Crippen MR) is 77.6 cm³/mol. The minimum Gasteiger partial charge on any atom is -0.370 e. The van der Waals surface area contributed by atoms with Crippen LogP contribution in [0.15, 0.2) is 30.7 Å². The van der Waals surface area contributed by atoms with Crippen molar-refractivity contribution in [3.63, 3.8) is 0 Å². The third kappa shape index (κ3) is 3.63. The van der Waals surface area contributed by atoms with Gasteiger partial charge in [-0.3, -0.25) is 0 Å². The van der Waals surface area contributed by atoms with Gasteiger partial charge in [-0.1, -0.05) is 0 Å². The quantitative estimate of drug-likeness (QED) is 0.750. The maximum absolute atomic E-state index is 4.52. The molecule has 0 aliphatic heterocycles. The topological polar surface area (TPSA) is 75.6 Å². The van der Waals surface area contributed by atoms with Gasteiger partial charge in [0.05, 0.1) is 0 Å². The van der Waals surface area contributed by atoms with E-state index in [4.69, 9.17) is 0 Å². The van der Waals surface area contributed by atoms with Crippen molar-refractivity contribution in [1.29, 1.82) is 0 Å². The van der Waals surface area contributed by atoms with Gasteiger partial charge in [0.1, 0.15) is 11.6 Å². The third-order valence-corrected chi connectivity index (χ3v) is 3.13. The Hall–Kier alpha value is -2.24. The van der Waals surface area contributed by atoms with Gasteiger partial charge in [0, 0.05) is 37.6 Å². The van der Waals surface area contributed by atoms with Crippen LogP contribution in [-0.4, -0.2) is 33.0 Å². The first-order valence-corrected chi connectivity index (χ1v) is 6.99. The van der Waals surface area contributed by atoms with Crippen LogP contribution >= 0.6 is 0 Å². The summed E-state index contributed by atoms with van der Waals surface area (Å²) in [6, 6.07) is 3.72. The molecular formula is C14H18N6. The monoisotopic (exact) mass is 270 g/mol. The zero-order valence-corrected chi connectivity index (χ0v) is 11.3. The molecule has 20 heavy (non-hydrogen) atoms. The average molecular weight is 270 g/mol. The van der Waals surface area contributed by atoms with E-state index in [1.165, 1.54) is 12.8 Å². The van der Waals surface area contributed by atoms with Crippen LogP contribution in [0.1, 0.15) is 31.0 Å². The van der Waals surface area contributed by atoms with E-state index in [0.717, 1.165) is 31.2 Å². The number of rotatable bonds is 7. The molecule has 2 heterocycles. The van der Waals surface area contributed by atoms with Crippen molar-refractivity contribution in [2.75, 3.05) is 23.7 Å². The molecule has 1 saturated carbocycles. The van der Waals surface area contributed by atoms with Gasteiger partial charge >= 0.3 is 0 Å². The van der Waals surface area contributed by atoms with Crippen LogP contribution in [0, 0.1) is 0 Å². The van der Waals surface area contributed by atoms with Crippen molar-refractivity contribution in [3.8, 4) is 0 Å². The van der Waals surface area contributed by atoms with Crippen molar-refractivity contribution in [3.05, 3.63) is 36.5 Å². The van der Waals surface area contributed by atoms with Gasteiger partial charge in [-0.2, -0.15) is 0 Å². The van der Waals surface area contributed by atoms with Gasteiger partial charge in [0.25, 0.3) is 0 Å². The fourth-order valence-electron chi connectivity index (χ4n) is 1.91. The van der Waals surface area contributed by atoms with E-state index >= 15 is 0 Å². The lowest BCUT2D eigenvalue weighted by Crippen LogP contribution is -2.11. The molecule has 3 rings (SSSR count). The summed E-state index contributed by atoms with van der Waals surface area (Å²) < 4.78 is 0. The number of nitrogens with zero attached hydrogens (tertiary/aromatic N) is 4. The molecule has 0 spiro atoms. The van der Waals surface area contributed by atoms with Crippen molar-refractivity contribution < 1.29 is 0 Å². The van der Waals surface area contributed by atoms with Crippen LogP contribution in [0.4, 0.5) is 11.8 Å². The highest BCUT2D eigenvalue weighted by atomic mass is 15.1. The minimum absolute atomic E-state index is 0.591. The van der Waals surface area contributed by atoms with Gasteiger partial charge in [0.2, 0.25) is 5.95 Å². The van der Waals surface area contributed by atoms with Crippen LogP contribution in [0.5, 0.6) is 0 Å². The van der Waals surface area contributed by atoms with E-state index in [0.29, 0.717) is 11.9 Å². The largest absolute Gasteiger partial charge is 0.370 e. The molecule has 2 aromatic heterocycles. The maximum Gasteiger partial charge on any atom is 0.222 e. The minimum atomic E-state index is 0.591. The molecule has 1 fully saturated rings. The second-order valence-electron chi connectivity index (χ2n) is 4.85. The molecule has 2 N–H and O–H groups in total. The third-order valence-electron chi connectivity index (χ3n) is 3.13. The van der Waals surface area contributed by atoms with Crippen LogP contribution < -0.4 is 10.6 Å². The summed E-state index contributed by atoms with van der Waals surface area (Å²) in [6.07, 6.45) is 8.72. The second kappa shape index (κ2) is 6.27. The fraction of sp³-hybridized carbons (Fsp3) is 0.429. The number of hydrogen-bond donors (Lipinski definition) is 2. The molecule has 0 atom stereocenters. The van der Waals surface area contributed by atoms with Crippen molar-refractivity contribution in [1.82, 2.24) is 19.9 Å². The summed E-state index contributed by atoms with van der Waals surface area (Å²) >= 11 is 0. The summed E-state index contributed by atoms with van der Waals surface area (Å²) in [4.78, 5) is 17.0. The summed E-state index contributed by atoms with van der Waals surface area (Å²) in [5, 5.41) is 6.50. The molecule has 6 heteroatoms. The summed E-state index contributed by atoms with van der Waals surface area (Å²) in [5.41, 5.74) is 0. The Kier molecular flexibility index (Phi) is 4.01. The van der Waals surface area contributed by atoms with Gasteiger partial charge in [-0.25, -0.2) is 19.9 Å². The van der Waals surface area contributed by atoms with E-state index in [2.05, 4.69) is 30.6 Å². The van der Waals surface area contributed by atoms with Gasteiger partial charge in [-0.15, -0.1) is 0 Å². The lowest BCUT2D eigenvalue weighted by molar-refractivity contribution is 0.875. The highest BCUT2D eigenvalue weighted by molar-refractivity contribution is 5.33. The number of anilines is 2. The molecule has 6 nitrogen and oxygen atoms in total. The standard InChI is InChI=1S/C14H18N6/c1(7-17-14-18-8-2-9-19-14)6-15-12-5-10-16-13(20-12)11-3-4-11/h2,5,8-11H,1,3-4,6-7H2,(H,15,16,20)(H,17,18,19). The number of nitrogens with one attached hydrogen (secondary N) is 2. The normalized spacial score (nSPS) is 14.0. The van der Waals surface area contributed by atoms with Crippen LogP contribution in [0.3, 0.4) is 0 Å². The highest BCUT2D eigenvalue weighted by Crippen LogP contribution is 2.37. The first-order chi connectivity index (χ1) is 9.92. The molecule has 0 bridgehead atoms. The molecule has 0 aromatic carbocycles. The van der Waals surface area contributed by atoms with Crippen molar-refractivity contribution in [2.24, 2.45) is 0 Å². The summed E-state index contributed by atoms with van der Waals surface area (Å²) in [5.74, 6) is 3.16. The molecule has 0 unspecified atom stereocenters. The Bertz CT molecular complexity index is 540. The molecule has 0 amide bonds. The van der Waals surface area contributed by atoms with Gasteiger partial charge in [-0.05, 0) is 31.4 Å². The lowest BCUT2D eigenvalue weighted by atomic mass is 10.4. The highest BCUT2D eigenvalue weighted by Gasteiger charge is 2.26. The van der Waals surface area contributed by atoms with E-state index in [-0.39, 0.29) is 0 Å². The summed E-state index contributed by atoms with van der Waals surface area (Å²) in [7, 11) is 0. The Balaban J connectivity index is 1.38. The Morgan fingerprint density at radius 2 is 1.80 bits per heavy atom. The molecule has 0 radical (unpaired) electrons. The first kappa shape index (κ1) is 12.8. The van der Waals surface area contributed by atoms with Crippen LogP contribution in [-0.2, 0) is 0 Å². The Labute approximate surface area is 118 Å². The fourth-order valence-corrected chi connectivity index (χ4v) is 1.91. The molecular weight excluding hydrogens is 252 g/mol. The lowest BCUT2D eigenvalue weighted by Gasteiger charge is -2.07. The van der Waals surface area contributed by atoms with Crippen LogP contribution in [0.25, 0.3) is 0 Å². The maximum atomic E-state index is 4.52. The Morgan fingerprint density at radius 3 is 2.60 bits per heavy atom. The van der Waals surface area contributed by atoms with Gasteiger partial charge in [0.15, 0.2) is 0 Å². The Morgan fingerprint density at radius 1 is 1.00 bits per heavy atom. The van der Waals surface area contributed by atoms with E-state index in [1.807, 2.05) is 12.3 Å². The van der Waals surface area contributed by atoms with E-state index in [9.17, 15) is 0 Å². The van der Waals surface area contributed by atoms with Crippen molar-refractivity contribution >= 4 is 11.8 Å². The molecule has 0 saturated heterocycles. The van der Waals surface area contributed by atoms with Gasteiger partial charge < -0.3 is 10.6 Å². The molecule has 2 aromatic rings. The zero-order chi connectivity index (χ0) is 13.6. The molecule has 104 valence electrons. The first-order valence-electron chi connectivity index (χ1n) is 6.99.